The molecule has 3 rings (SSSR count). The minimum atomic E-state index is -0.409. The van der Waals surface area contributed by atoms with Crippen LogP contribution >= 0.6 is 0 Å². The number of nitro benzene ring substituents is 1. The number of nitro groups is 1. The van der Waals surface area contributed by atoms with Gasteiger partial charge in [-0.3, -0.25) is 14.7 Å². The second kappa shape index (κ2) is 5.96. The van der Waals surface area contributed by atoms with Gasteiger partial charge in [0.1, 0.15) is 5.75 Å². The first-order valence-corrected chi connectivity index (χ1v) is 6.94. The van der Waals surface area contributed by atoms with Crippen molar-refractivity contribution in [1.29, 1.82) is 0 Å². The Morgan fingerprint density at radius 2 is 1.87 bits per heavy atom. The van der Waals surface area contributed by atoms with E-state index in [1.54, 1.807) is 23.8 Å². The largest absolute Gasteiger partial charge is 0.497 e. The number of para-hydroxylation sites is 1. The molecule has 0 N–H and O–H groups in total. The van der Waals surface area contributed by atoms with Gasteiger partial charge in [-0.05, 0) is 23.8 Å². The maximum atomic E-state index is 11.3. The van der Waals surface area contributed by atoms with Crippen molar-refractivity contribution in [3.05, 3.63) is 58.1 Å². The molecule has 0 fully saturated rings. The summed E-state index contributed by atoms with van der Waals surface area (Å²) in [5.41, 5.74) is 1.95. The first kappa shape index (κ1) is 14.8. The van der Waals surface area contributed by atoms with Crippen molar-refractivity contribution in [1.82, 2.24) is 9.55 Å². The molecular formula is C16H15N3O4. The van der Waals surface area contributed by atoms with Crippen molar-refractivity contribution in [3.8, 4) is 11.8 Å². The highest BCUT2D eigenvalue weighted by molar-refractivity contribution is 5.86. The lowest BCUT2D eigenvalue weighted by Gasteiger charge is -2.09. The predicted octanol–water partition coefficient (Wildman–Crippen LogP) is 3.01. The lowest BCUT2D eigenvalue weighted by atomic mass is 10.2. The Labute approximate surface area is 132 Å². The Hall–Kier alpha value is -3.09. The van der Waals surface area contributed by atoms with Gasteiger partial charge in [-0.25, -0.2) is 0 Å². The number of imidazole rings is 1. The van der Waals surface area contributed by atoms with Crippen LogP contribution in [0.2, 0.25) is 0 Å². The summed E-state index contributed by atoms with van der Waals surface area (Å²) in [5.74, 6) is 0.752. The summed E-state index contributed by atoms with van der Waals surface area (Å²) in [7, 11) is 3.10. The van der Waals surface area contributed by atoms with Crippen LogP contribution in [0, 0.1) is 10.1 Å². The smallest absolute Gasteiger partial charge is 0.297 e. The molecule has 0 unspecified atom stereocenters. The third-order valence-electron chi connectivity index (χ3n) is 3.59. The first-order valence-electron chi connectivity index (χ1n) is 6.94. The lowest BCUT2D eigenvalue weighted by Crippen LogP contribution is -2.04. The zero-order valence-corrected chi connectivity index (χ0v) is 12.7. The first-order chi connectivity index (χ1) is 11.1. The van der Waals surface area contributed by atoms with Gasteiger partial charge in [0.05, 0.1) is 31.2 Å². The van der Waals surface area contributed by atoms with Crippen molar-refractivity contribution < 1.29 is 14.4 Å². The molecule has 0 atom stereocenters. The highest BCUT2D eigenvalue weighted by atomic mass is 16.6. The molecule has 0 aliphatic heterocycles. The van der Waals surface area contributed by atoms with Crippen molar-refractivity contribution in [2.45, 2.75) is 6.54 Å². The average molecular weight is 313 g/mol. The number of fused-ring (bicyclic) bond motifs is 1. The van der Waals surface area contributed by atoms with E-state index in [1.807, 2.05) is 24.3 Å². The van der Waals surface area contributed by atoms with Gasteiger partial charge in [-0.2, -0.15) is 4.98 Å². The Balaban J connectivity index is 2.12. The normalized spacial score (nSPS) is 10.7. The summed E-state index contributed by atoms with van der Waals surface area (Å²) < 4.78 is 12.1. The summed E-state index contributed by atoms with van der Waals surface area (Å²) in [4.78, 5) is 15.2. The van der Waals surface area contributed by atoms with Crippen molar-refractivity contribution in [2.75, 3.05) is 14.2 Å². The van der Waals surface area contributed by atoms with Crippen molar-refractivity contribution in [2.24, 2.45) is 0 Å². The van der Waals surface area contributed by atoms with E-state index in [4.69, 9.17) is 9.47 Å². The number of methoxy groups -OCH3 is 2. The van der Waals surface area contributed by atoms with E-state index in [2.05, 4.69) is 4.98 Å². The molecule has 1 heterocycles. The fraction of sp³-hybridized carbons (Fsp3) is 0.188. The van der Waals surface area contributed by atoms with E-state index >= 15 is 0 Å². The van der Waals surface area contributed by atoms with Crippen LogP contribution in [0.25, 0.3) is 11.0 Å². The van der Waals surface area contributed by atoms with Gasteiger partial charge >= 0.3 is 0 Å². The molecule has 0 amide bonds. The summed E-state index contributed by atoms with van der Waals surface area (Å²) in [5, 5.41) is 11.3. The fourth-order valence-electron chi connectivity index (χ4n) is 2.51. The van der Waals surface area contributed by atoms with Gasteiger partial charge in [-0.15, -0.1) is 0 Å². The van der Waals surface area contributed by atoms with E-state index < -0.39 is 4.92 Å². The minimum absolute atomic E-state index is 0.00631. The Bertz CT molecular complexity index is 856. The molecule has 7 nitrogen and oxygen atoms in total. The monoisotopic (exact) mass is 313 g/mol. The Morgan fingerprint density at radius 3 is 2.48 bits per heavy atom. The van der Waals surface area contributed by atoms with Crippen LogP contribution in [0.1, 0.15) is 5.56 Å². The number of hydrogen-bond acceptors (Lipinski definition) is 5. The highest BCUT2D eigenvalue weighted by Crippen LogP contribution is 2.30. The lowest BCUT2D eigenvalue weighted by molar-refractivity contribution is -0.383. The molecule has 0 radical (unpaired) electrons. The standard InChI is InChI=1S/C16H15N3O4/c1-22-12-8-6-11(7-9-12)10-18-15-13(17-16(18)23-2)4-3-5-14(15)19(20)21/h3-9H,10H2,1-2H3. The molecule has 0 spiro atoms. The van der Waals surface area contributed by atoms with Crippen molar-refractivity contribution in [3.63, 3.8) is 0 Å². The predicted molar refractivity (Wildman–Crippen MR) is 85.0 cm³/mol. The quantitative estimate of drug-likeness (QED) is 0.534. The molecule has 118 valence electrons. The summed E-state index contributed by atoms with van der Waals surface area (Å²) in [6.07, 6.45) is 0. The Morgan fingerprint density at radius 1 is 1.13 bits per heavy atom. The molecule has 23 heavy (non-hydrogen) atoms. The maximum absolute atomic E-state index is 11.3. The molecule has 0 aliphatic carbocycles. The number of non-ortho nitro benzene ring substituents is 1. The molecule has 3 aromatic rings. The topological polar surface area (TPSA) is 79.4 Å². The number of ether oxygens (including phenoxy) is 2. The molecule has 0 saturated carbocycles. The third kappa shape index (κ3) is 2.68. The third-order valence-corrected chi connectivity index (χ3v) is 3.59. The number of benzene rings is 2. The molecular weight excluding hydrogens is 298 g/mol. The SMILES string of the molecule is COc1ccc(Cn2c(OC)nc3cccc([N+](=O)[O-])c32)cc1. The Kier molecular flexibility index (Phi) is 3.84. The van der Waals surface area contributed by atoms with Crippen LogP contribution in [0.15, 0.2) is 42.5 Å². The molecule has 0 bridgehead atoms. The summed E-state index contributed by atoms with van der Waals surface area (Å²) in [6.45, 7) is 0.411. The van der Waals surface area contributed by atoms with Gasteiger partial charge in [0.15, 0.2) is 5.52 Å². The average Bonchev–Trinajstić information content (AvgIpc) is 2.93. The van der Waals surface area contributed by atoms with Crippen LogP contribution in [0.5, 0.6) is 11.8 Å². The van der Waals surface area contributed by atoms with E-state index in [0.29, 0.717) is 23.6 Å². The van der Waals surface area contributed by atoms with Crippen LogP contribution in [-0.2, 0) is 6.54 Å². The highest BCUT2D eigenvalue weighted by Gasteiger charge is 2.21. The van der Waals surface area contributed by atoms with E-state index in [1.165, 1.54) is 13.2 Å². The van der Waals surface area contributed by atoms with Crippen molar-refractivity contribution >= 4 is 16.7 Å². The molecule has 1 aromatic heterocycles. The van der Waals surface area contributed by atoms with Gasteiger partial charge < -0.3 is 9.47 Å². The van der Waals surface area contributed by atoms with Gasteiger partial charge in [0.25, 0.3) is 11.7 Å². The van der Waals surface area contributed by atoms with E-state index in [0.717, 1.165) is 11.3 Å². The number of aromatic nitrogens is 2. The molecule has 2 aromatic carbocycles. The van der Waals surface area contributed by atoms with Crippen LogP contribution in [0.3, 0.4) is 0 Å². The summed E-state index contributed by atoms with van der Waals surface area (Å²) in [6, 6.07) is 12.6. The van der Waals surface area contributed by atoms with Crippen LogP contribution < -0.4 is 9.47 Å². The maximum Gasteiger partial charge on any atom is 0.297 e. The van der Waals surface area contributed by atoms with Crippen LogP contribution in [-0.4, -0.2) is 28.7 Å². The van der Waals surface area contributed by atoms with Crippen LogP contribution in [0.4, 0.5) is 5.69 Å². The number of nitrogens with zero attached hydrogens (tertiary/aromatic N) is 3. The minimum Gasteiger partial charge on any atom is -0.497 e. The zero-order valence-electron chi connectivity index (χ0n) is 12.7. The van der Waals surface area contributed by atoms with Gasteiger partial charge in [0.2, 0.25) is 0 Å². The second-order valence-corrected chi connectivity index (χ2v) is 4.93. The van der Waals surface area contributed by atoms with E-state index in [9.17, 15) is 10.1 Å². The van der Waals surface area contributed by atoms with Gasteiger partial charge in [-0.1, -0.05) is 18.2 Å². The van der Waals surface area contributed by atoms with E-state index in [-0.39, 0.29) is 5.69 Å². The van der Waals surface area contributed by atoms with Gasteiger partial charge in [0, 0.05) is 6.07 Å². The number of hydrogen-bond donors (Lipinski definition) is 0. The molecule has 0 aliphatic rings. The molecule has 0 saturated heterocycles. The fourth-order valence-corrected chi connectivity index (χ4v) is 2.51. The second-order valence-electron chi connectivity index (χ2n) is 4.93. The number of rotatable bonds is 5. The molecule has 7 heteroatoms. The summed E-state index contributed by atoms with van der Waals surface area (Å²) >= 11 is 0. The zero-order chi connectivity index (χ0) is 16.4.